The quantitative estimate of drug-likeness (QED) is 0.570. The summed E-state index contributed by atoms with van der Waals surface area (Å²) in [5.74, 6) is 0. The van der Waals surface area contributed by atoms with Crippen molar-refractivity contribution < 1.29 is 0 Å². The molecule has 1 aromatic carbocycles. The van der Waals surface area contributed by atoms with Gasteiger partial charge in [0.2, 0.25) is 0 Å². The Bertz CT molecular complexity index is 682. The molecule has 4 rings (SSSR count). The molecule has 0 aromatic heterocycles. The Morgan fingerprint density at radius 3 is 2.27 bits per heavy atom. The summed E-state index contributed by atoms with van der Waals surface area (Å²) in [6, 6.07) is 5.64. The summed E-state index contributed by atoms with van der Waals surface area (Å²) in [6.07, 6.45) is 4.18. The van der Waals surface area contributed by atoms with Gasteiger partial charge in [-0.2, -0.15) is 0 Å². The van der Waals surface area contributed by atoms with E-state index >= 15 is 0 Å². The van der Waals surface area contributed by atoms with Gasteiger partial charge in [0.15, 0.2) is 0 Å². The van der Waals surface area contributed by atoms with Gasteiger partial charge < -0.3 is 0 Å². The molecule has 0 spiro atoms. The number of rotatable bonds is 0. The highest BCUT2D eigenvalue weighted by molar-refractivity contribution is 6.93. The van der Waals surface area contributed by atoms with Gasteiger partial charge in [-0.15, -0.1) is 0 Å². The van der Waals surface area contributed by atoms with Crippen LogP contribution in [0.25, 0.3) is 0 Å². The fourth-order valence-corrected chi connectivity index (χ4v) is 12.3. The topological polar surface area (TPSA) is 0 Å². The monoisotopic (exact) mass is 312 g/mol. The molecule has 0 fully saturated rings. The summed E-state index contributed by atoms with van der Waals surface area (Å²) < 4.78 is 0. The number of hydrogen-bond donors (Lipinski definition) is 0. The predicted molar refractivity (Wildman–Crippen MR) is 99.3 cm³/mol. The van der Waals surface area contributed by atoms with Gasteiger partial charge in [0.1, 0.15) is 0 Å². The molecule has 0 bridgehead atoms. The smallest absolute Gasteiger partial charge is 0.0652 e. The van der Waals surface area contributed by atoms with Crippen molar-refractivity contribution in [3.05, 3.63) is 28.3 Å². The van der Waals surface area contributed by atoms with E-state index in [9.17, 15) is 0 Å². The average molecular weight is 313 g/mol. The molecule has 2 aliphatic heterocycles. The zero-order valence-electron chi connectivity index (χ0n) is 15.6. The van der Waals surface area contributed by atoms with Gasteiger partial charge >= 0.3 is 0 Å². The minimum Gasteiger partial charge on any atom is -0.0652 e. The first-order chi connectivity index (χ1) is 10.0. The van der Waals surface area contributed by atoms with E-state index < -0.39 is 8.07 Å². The standard InChI is InChI=1S/C21H32Si/c1-14-12-15-18-17-16(14)20(4,5)8-9-21(17,6)13-22(18,7)11-10-19(15,2)3/h12H,8-11,13H2,1-7H3. The van der Waals surface area contributed by atoms with Crippen molar-refractivity contribution in [2.24, 2.45) is 0 Å². The summed E-state index contributed by atoms with van der Waals surface area (Å²) in [7, 11) is -1.26. The van der Waals surface area contributed by atoms with E-state index in [-0.39, 0.29) is 0 Å². The lowest BCUT2D eigenvalue weighted by atomic mass is 9.61. The van der Waals surface area contributed by atoms with Gasteiger partial charge in [-0.1, -0.05) is 58.5 Å². The molecule has 1 heteroatoms. The number of hydrogen-bond acceptors (Lipinski definition) is 0. The molecule has 0 radical (unpaired) electrons. The van der Waals surface area contributed by atoms with E-state index in [4.69, 9.17) is 0 Å². The summed E-state index contributed by atoms with van der Waals surface area (Å²) in [5, 5.41) is 1.92. The Kier molecular flexibility index (Phi) is 2.66. The lowest BCUT2D eigenvalue weighted by Crippen LogP contribution is -2.51. The van der Waals surface area contributed by atoms with Gasteiger partial charge in [0, 0.05) is 0 Å². The van der Waals surface area contributed by atoms with Crippen molar-refractivity contribution in [3.8, 4) is 0 Å². The van der Waals surface area contributed by atoms with Gasteiger partial charge in [0.05, 0.1) is 8.07 Å². The maximum absolute atomic E-state index is 2.70. The molecular weight excluding hydrogens is 280 g/mol. The van der Waals surface area contributed by atoms with Crippen LogP contribution in [-0.2, 0) is 16.2 Å². The first-order valence-corrected chi connectivity index (χ1v) is 12.1. The van der Waals surface area contributed by atoms with E-state index in [1.807, 2.05) is 10.8 Å². The second-order valence-electron chi connectivity index (χ2n) is 10.4. The fraction of sp³-hybridized carbons (Fsp3) is 0.714. The van der Waals surface area contributed by atoms with Gasteiger partial charge in [-0.05, 0) is 70.7 Å². The zero-order valence-corrected chi connectivity index (χ0v) is 16.6. The highest BCUT2D eigenvalue weighted by Gasteiger charge is 2.57. The molecule has 1 aromatic rings. The Morgan fingerprint density at radius 1 is 0.909 bits per heavy atom. The molecule has 0 amide bonds. The second kappa shape index (κ2) is 3.91. The number of aryl methyl sites for hydroxylation is 1. The predicted octanol–water partition coefficient (Wildman–Crippen LogP) is 5.30. The van der Waals surface area contributed by atoms with Crippen molar-refractivity contribution in [3.63, 3.8) is 0 Å². The molecule has 2 heterocycles. The lowest BCUT2D eigenvalue weighted by molar-refractivity contribution is 0.335. The third-order valence-electron chi connectivity index (χ3n) is 7.52. The van der Waals surface area contributed by atoms with Gasteiger partial charge in [0.25, 0.3) is 0 Å². The first kappa shape index (κ1) is 15.0. The molecule has 22 heavy (non-hydrogen) atoms. The molecule has 120 valence electrons. The third kappa shape index (κ3) is 1.64. The van der Waals surface area contributed by atoms with Gasteiger partial charge in [-0.25, -0.2) is 0 Å². The van der Waals surface area contributed by atoms with Crippen LogP contribution in [0, 0.1) is 6.92 Å². The van der Waals surface area contributed by atoms with Crippen LogP contribution in [0.2, 0.25) is 18.6 Å². The van der Waals surface area contributed by atoms with Crippen LogP contribution in [0.3, 0.4) is 0 Å². The van der Waals surface area contributed by atoms with Gasteiger partial charge in [-0.3, -0.25) is 0 Å². The normalized spacial score (nSPS) is 37.0. The Hall–Kier alpha value is -0.563. The first-order valence-electron chi connectivity index (χ1n) is 9.20. The van der Waals surface area contributed by atoms with Crippen LogP contribution in [0.5, 0.6) is 0 Å². The maximum atomic E-state index is 2.70. The summed E-state index contributed by atoms with van der Waals surface area (Å²) in [4.78, 5) is 0. The van der Waals surface area contributed by atoms with Crippen LogP contribution < -0.4 is 5.19 Å². The summed E-state index contributed by atoms with van der Waals surface area (Å²) in [6.45, 7) is 17.6. The van der Waals surface area contributed by atoms with E-state index in [2.05, 4.69) is 54.2 Å². The average Bonchev–Trinajstić information content (AvgIpc) is 2.63. The minimum atomic E-state index is -1.26. The summed E-state index contributed by atoms with van der Waals surface area (Å²) in [5.41, 5.74) is 8.16. The van der Waals surface area contributed by atoms with Crippen molar-refractivity contribution in [1.82, 2.24) is 0 Å². The van der Waals surface area contributed by atoms with Crippen molar-refractivity contribution in [2.75, 3.05) is 0 Å². The van der Waals surface area contributed by atoms with Crippen LogP contribution >= 0.6 is 0 Å². The maximum Gasteiger partial charge on any atom is 0.0853 e. The van der Waals surface area contributed by atoms with Crippen molar-refractivity contribution >= 4 is 13.3 Å². The summed E-state index contributed by atoms with van der Waals surface area (Å²) >= 11 is 0. The van der Waals surface area contributed by atoms with Crippen molar-refractivity contribution in [2.45, 2.75) is 95.7 Å². The molecule has 1 aliphatic carbocycles. The minimum absolute atomic E-state index is 0.370. The molecule has 0 saturated carbocycles. The van der Waals surface area contributed by atoms with E-state index in [1.165, 1.54) is 31.4 Å². The van der Waals surface area contributed by atoms with Crippen LogP contribution in [-0.4, -0.2) is 8.07 Å². The van der Waals surface area contributed by atoms with E-state index in [0.717, 1.165) is 0 Å². The molecular formula is C21H32Si. The van der Waals surface area contributed by atoms with Crippen LogP contribution in [0.4, 0.5) is 0 Å². The number of benzene rings is 1. The molecule has 0 nitrogen and oxygen atoms in total. The van der Waals surface area contributed by atoms with Crippen LogP contribution in [0.1, 0.15) is 76.1 Å². The third-order valence-corrected chi connectivity index (χ3v) is 12.2. The van der Waals surface area contributed by atoms with Crippen molar-refractivity contribution in [1.29, 1.82) is 0 Å². The highest BCUT2D eigenvalue weighted by Crippen LogP contribution is 2.57. The van der Waals surface area contributed by atoms with E-state index in [1.54, 1.807) is 16.7 Å². The Labute approximate surface area is 137 Å². The highest BCUT2D eigenvalue weighted by atomic mass is 28.3. The Morgan fingerprint density at radius 2 is 1.59 bits per heavy atom. The second-order valence-corrected chi connectivity index (χ2v) is 14.9. The molecule has 0 N–H and O–H groups in total. The molecule has 0 saturated heterocycles. The zero-order chi connectivity index (χ0) is 16.1. The molecule has 2 atom stereocenters. The fourth-order valence-electron chi connectivity index (χ4n) is 6.36. The molecule has 3 aliphatic rings. The van der Waals surface area contributed by atoms with Crippen LogP contribution in [0.15, 0.2) is 6.07 Å². The largest absolute Gasteiger partial charge is 0.0853 e. The van der Waals surface area contributed by atoms with E-state index in [0.29, 0.717) is 16.2 Å². The lowest BCUT2D eigenvalue weighted by Gasteiger charge is -2.44. The Balaban J connectivity index is 2.16. The SMILES string of the molecule is Cc1cc2c3c4c1C(C)(C)CCC4(C)C[Si]3(C)CCC2(C)C. The molecule has 2 unspecified atom stereocenters.